The van der Waals surface area contributed by atoms with Gasteiger partial charge in [0.2, 0.25) is 0 Å². The largest absolute Gasteiger partial charge is 0.497 e. The van der Waals surface area contributed by atoms with Gasteiger partial charge < -0.3 is 14.4 Å². The molecule has 3 rings (SSSR count). The van der Waals surface area contributed by atoms with Crippen molar-refractivity contribution >= 4 is 44.2 Å². The molecule has 6 nitrogen and oxygen atoms in total. The van der Waals surface area contributed by atoms with Crippen molar-refractivity contribution in [1.82, 2.24) is 9.88 Å². The first-order valence-corrected chi connectivity index (χ1v) is 11.5. The van der Waals surface area contributed by atoms with Crippen molar-refractivity contribution < 1.29 is 14.3 Å². The highest BCUT2D eigenvalue weighted by Gasteiger charge is 2.22. The first-order valence-electron chi connectivity index (χ1n) is 10.3. The van der Waals surface area contributed by atoms with Crippen LogP contribution in [0.5, 0.6) is 11.5 Å². The van der Waals surface area contributed by atoms with Crippen LogP contribution >= 0.6 is 22.9 Å². The Morgan fingerprint density at radius 1 is 1.06 bits per heavy atom. The number of methoxy groups -OCH3 is 1. The Bertz CT molecular complexity index is 1020. The van der Waals surface area contributed by atoms with Gasteiger partial charge in [0.05, 0.1) is 17.3 Å². The van der Waals surface area contributed by atoms with Gasteiger partial charge >= 0.3 is 0 Å². The number of carbonyl (C=O) groups excluding carboxylic acids is 1. The maximum Gasteiger partial charge on any atom is 0.266 e. The summed E-state index contributed by atoms with van der Waals surface area (Å²) in [6.07, 6.45) is 0. The number of hydrogen-bond acceptors (Lipinski definition) is 6. The molecule has 3 aromatic rings. The Morgan fingerprint density at radius 2 is 1.74 bits per heavy atom. The van der Waals surface area contributed by atoms with Gasteiger partial charge in [0, 0.05) is 18.1 Å². The van der Waals surface area contributed by atoms with Crippen LogP contribution in [0.25, 0.3) is 10.2 Å². The van der Waals surface area contributed by atoms with E-state index >= 15 is 0 Å². The van der Waals surface area contributed by atoms with E-state index < -0.39 is 0 Å². The maximum absolute atomic E-state index is 13.2. The van der Waals surface area contributed by atoms with Crippen molar-refractivity contribution in [2.75, 3.05) is 44.8 Å². The van der Waals surface area contributed by atoms with Crippen LogP contribution in [0.4, 0.5) is 5.13 Å². The highest BCUT2D eigenvalue weighted by Crippen LogP contribution is 2.33. The van der Waals surface area contributed by atoms with Crippen molar-refractivity contribution in [3.8, 4) is 11.5 Å². The fourth-order valence-corrected chi connectivity index (χ4v) is 4.43. The minimum absolute atomic E-state index is 0.0692. The number of fused-ring (bicyclic) bond motifs is 1. The second kappa shape index (κ2) is 10.8. The number of likely N-dealkylation sites (N-methyl/N-ethyl adjacent to an activating group) is 1. The van der Waals surface area contributed by atoms with Crippen molar-refractivity contribution in [1.29, 1.82) is 0 Å². The van der Waals surface area contributed by atoms with Crippen molar-refractivity contribution in [2.45, 2.75) is 20.8 Å². The minimum atomic E-state index is -0.134. The first-order chi connectivity index (χ1) is 15.0. The van der Waals surface area contributed by atoms with Crippen LogP contribution in [0.1, 0.15) is 19.4 Å². The molecule has 0 saturated heterocycles. The van der Waals surface area contributed by atoms with E-state index in [-0.39, 0.29) is 12.5 Å². The summed E-state index contributed by atoms with van der Waals surface area (Å²) in [5, 5.41) is 1.34. The molecule has 0 aliphatic carbocycles. The summed E-state index contributed by atoms with van der Waals surface area (Å²) in [6, 6.07) is 11.0. The van der Waals surface area contributed by atoms with Gasteiger partial charge in [-0.1, -0.05) is 36.8 Å². The molecule has 31 heavy (non-hydrogen) atoms. The molecule has 0 aliphatic rings. The number of ether oxygens (including phenoxy) is 2. The molecule has 0 saturated carbocycles. The highest BCUT2D eigenvalue weighted by molar-refractivity contribution is 7.22. The molecular formula is C23H28ClN3O3S. The summed E-state index contributed by atoms with van der Waals surface area (Å²) in [7, 11) is 1.61. The van der Waals surface area contributed by atoms with Crippen molar-refractivity contribution in [2.24, 2.45) is 0 Å². The van der Waals surface area contributed by atoms with Gasteiger partial charge in [-0.25, -0.2) is 4.98 Å². The highest BCUT2D eigenvalue weighted by atomic mass is 35.5. The maximum atomic E-state index is 13.2. The third-order valence-corrected chi connectivity index (χ3v) is 6.68. The number of thiazole rings is 1. The number of amides is 1. The smallest absolute Gasteiger partial charge is 0.266 e. The molecule has 0 N–H and O–H groups in total. The van der Waals surface area contributed by atoms with E-state index in [1.807, 2.05) is 19.1 Å². The Labute approximate surface area is 192 Å². The molecule has 0 radical (unpaired) electrons. The SMILES string of the molecule is CCN(CC)CCN(C(=O)COc1ccc(OC)cc1)c1nc2c(C)c(Cl)ccc2s1. The summed E-state index contributed by atoms with van der Waals surface area (Å²) >= 11 is 7.76. The molecule has 8 heteroatoms. The topological polar surface area (TPSA) is 54.9 Å². The Kier molecular flexibility index (Phi) is 8.12. The molecule has 1 amide bonds. The average Bonchev–Trinajstić information content (AvgIpc) is 3.22. The molecule has 0 bridgehead atoms. The lowest BCUT2D eigenvalue weighted by Gasteiger charge is -2.24. The summed E-state index contributed by atoms with van der Waals surface area (Å²) in [6.45, 7) is 9.27. The third kappa shape index (κ3) is 5.67. The number of halogens is 1. The fourth-order valence-electron chi connectivity index (χ4n) is 3.21. The molecular weight excluding hydrogens is 434 g/mol. The number of carbonyl (C=O) groups is 1. The monoisotopic (exact) mass is 461 g/mol. The van der Waals surface area contributed by atoms with Gasteiger partial charge in [-0.3, -0.25) is 9.69 Å². The zero-order valence-corrected chi connectivity index (χ0v) is 19.9. The van der Waals surface area contributed by atoms with E-state index in [1.165, 1.54) is 11.3 Å². The number of aryl methyl sites for hydroxylation is 1. The van der Waals surface area contributed by atoms with Gasteiger partial charge in [-0.05, 0) is 62.0 Å². The lowest BCUT2D eigenvalue weighted by molar-refractivity contribution is -0.120. The second-order valence-electron chi connectivity index (χ2n) is 7.05. The van der Waals surface area contributed by atoms with E-state index in [1.54, 1.807) is 36.3 Å². The standard InChI is InChI=1S/C23H28ClN3O3S/c1-5-26(6-2)13-14-27(21(28)15-30-18-9-7-17(29-4)8-10-18)23-25-22-16(3)19(24)11-12-20(22)31-23/h7-12H,5-6,13-15H2,1-4H3. The summed E-state index contributed by atoms with van der Waals surface area (Å²) < 4.78 is 11.9. The first kappa shape index (κ1) is 23.3. The number of aromatic nitrogens is 1. The van der Waals surface area contributed by atoms with Crippen LogP contribution in [0.15, 0.2) is 36.4 Å². The van der Waals surface area contributed by atoms with Crippen molar-refractivity contribution in [3.63, 3.8) is 0 Å². The third-order valence-electron chi connectivity index (χ3n) is 5.22. The Balaban J connectivity index is 1.81. The van der Waals surface area contributed by atoms with E-state index in [9.17, 15) is 4.79 Å². The van der Waals surface area contributed by atoms with Gasteiger partial charge in [-0.2, -0.15) is 0 Å². The lowest BCUT2D eigenvalue weighted by Crippen LogP contribution is -2.41. The van der Waals surface area contributed by atoms with Crippen molar-refractivity contribution in [3.05, 3.63) is 47.0 Å². The average molecular weight is 462 g/mol. The number of rotatable bonds is 10. The van der Waals surface area contributed by atoms with Crippen LogP contribution in [0.2, 0.25) is 5.02 Å². The molecule has 0 fully saturated rings. The van der Waals surface area contributed by atoms with E-state index in [0.29, 0.717) is 22.4 Å². The van der Waals surface area contributed by atoms with Crippen LogP contribution < -0.4 is 14.4 Å². The molecule has 0 aliphatic heterocycles. The van der Waals surface area contributed by atoms with Gasteiger partial charge in [0.25, 0.3) is 5.91 Å². The van der Waals surface area contributed by atoms with Gasteiger partial charge in [0.1, 0.15) is 11.5 Å². The van der Waals surface area contributed by atoms with Gasteiger partial charge in [0.15, 0.2) is 11.7 Å². The Hall–Kier alpha value is -2.35. The summed E-state index contributed by atoms with van der Waals surface area (Å²) in [5.74, 6) is 1.22. The van der Waals surface area contributed by atoms with Crippen LogP contribution in [0, 0.1) is 6.92 Å². The predicted molar refractivity (Wildman–Crippen MR) is 128 cm³/mol. The predicted octanol–water partition coefficient (Wildman–Crippen LogP) is 5.02. The van der Waals surface area contributed by atoms with E-state index in [4.69, 9.17) is 26.1 Å². The van der Waals surface area contributed by atoms with E-state index in [0.717, 1.165) is 41.2 Å². The lowest BCUT2D eigenvalue weighted by atomic mass is 10.2. The normalized spacial score (nSPS) is 11.2. The number of benzene rings is 2. The zero-order chi connectivity index (χ0) is 22.4. The summed E-state index contributed by atoms with van der Waals surface area (Å²) in [4.78, 5) is 21.9. The second-order valence-corrected chi connectivity index (χ2v) is 8.47. The number of hydrogen-bond donors (Lipinski definition) is 0. The molecule has 1 aromatic heterocycles. The fraction of sp³-hybridized carbons (Fsp3) is 0.391. The molecule has 166 valence electrons. The molecule has 0 unspecified atom stereocenters. The zero-order valence-electron chi connectivity index (χ0n) is 18.4. The quantitative estimate of drug-likeness (QED) is 0.424. The minimum Gasteiger partial charge on any atom is -0.497 e. The van der Waals surface area contributed by atoms with Crippen LogP contribution in [0.3, 0.4) is 0 Å². The van der Waals surface area contributed by atoms with Gasteiger partial charge in [-0.15, -0.1) is 0 Å². The molecule has 2 aromatic carbocycles. The number of nitrogens with zero attached hydrogens (tertiary/aromatic N) is 3. The number of anilines is 1. The molecule has 1 heterocycles. The Morgan fingerprint density at radius 3 is 2.39 bits per heavy atom. The molecule has 0 atom stereocenters. The van der Waals surface area contributed by atoms with E-state index in [2.05, 4.69) is 18.7 Å². The summed E-state index contributed by atoms with van der Waals surface area (Å²) in [5.41, 5.74) is 1.76. The molecule has 0 spiro atoms. The van der Waals surface area contributed by atoms with Crippen LogP contribution in [-0.4, -0.2) is 55.7 Å². The van der Waals surface area contributed by atoms with Crippen LogP contribution in [-0.2, 0) is 4.79 Å².